The minimum atomic E-state index is 0.879. The van der Waals surface area contributed by atoms with Crippen LogP contribution in [0.25, 0.3) is 0 Å². The lowest BCUT2D eigenvalue weighted by Gasteiger charge is -1.79. The summed E-state index contributed by atoms with van der Waals surface area (Å²) in [5.74, 6) is 0. The summed E-state index contributed by atoms with van der Waals surface area (Å²) in [5, 5.41) is 0. The largest absolute Gasteiger partial charge is 0.0845 e. The summed E-state index contributed by atoms with van der Waals surface area (Å²) in [4.78, 5) is 0. The molecule has 0 nitrogen and oxygen atoms in total. The Morgan fingerprint density at radius 1 is 1.50 bits per heavy atom. The van der Waals surface area contributed by atoms with Crippen LogP contribution in [0.4, 0.5) is 0 Å². The van der Waals surface area contributed by atoms with Gasteiger partial charge >= 0.3 is 0 Å². The fourth-order valence-electron chi connectivity index (χ4n) is 0.357. The molecule has 0 aromatic rings. The van der Waals surface area contributed by atoms with Gasteiger partial charge in [0, 0.05) is 0 Å². The molecule has 0 aliphatic heterocycles. The van der Waals surface area contributed by atoms with Gasteiger partial charge in [-0.3, -0.25) is 0 Å². The lowest BCUT2D eigenvalue weighted by atomic mass is 10.3. The van der Waals surface area contributed by atoms with Crippen molar-refractivity contribution in [1.82, 2.24) is 0 Å². The van der Waals surface area contributed by atoms with E-state index in [1.807, 2.05) is 12.2 Å². The molecule has 0 heterocycles. The molecular weight excluding hydrogens is 96.1 g/mol. The molecule has 1 radical (unpaired) electrons. The van der Waals surface area contributed by atoms with E-state index < -0.39 is 0 Å². The third-order valence-corrected chi connectivity index (χ3v) is 0.732. The van der Waals surface area contributed by atoms with E-state index in [1.165, 1.54) is 5.57 Å². The van der Waals surface area contributed by atoms with Gasteiger partial charge in [-0.25, -0.2) is 0 Å². The zero-order valence-corrected chi connectivity index (χ0v) is 5.65. The van der Waals surface area contributed by atoms with Gasteiger partial charge in [0.2, 0.25) is 0 Å². The fraction of sp³-hybridized carbons (Fsp3) is 0.375. The van der Waals surface area contributed by atoms with E-state index in [0.717, 1.165) is 6.42 Å². The van der Waals surface area contributed by atoms with Gasteiger partial charge in [-0.1, -0.05) is 23.8 Å². The highest BCUT2D eigenvalue weighted by Gasteiger charge is 1.67. The van der Waals surface area contributed by atoms with Gasteiger partial charge in [0.15, 0.2) is 0 Å². The Bertz CT molecular complexity index is 92.6. The molecule has 0 aliphatic carbocycles. The van der Waals surface area contributed by atoms with E-state index in [1.54, 1.807) is 0 Å². The molecule has 0 bridgehead atoms. The standard InChI is InChI=1S/C8H13/c1-4-5-6-7-8(2)3/h5-7H,1,4H2,2-3H3. The Morgan fingerprint density at radius 3 is 2.50 bits per heavy atom. The average Bonchev–Trinajstić information content (AvgIpc) is 1.66. The number of allylic oxidation sites excluding steroid dienone is 4. The summed E-state index contributed by atoms with van der Waals surface area (Å²) < 4.78 is 0. The first kappa shape index (κ1) is 7.48. The molecule has 0 aromatic heterocycles. The average molecular weight is 109 g/mol. The van der Waals surface area contributed by atoms with E-state index >= 15 is 0 Å². The van der Waals surface area contributed by atoms with Crippen molar-refractivity contribution in [3.8, 4) is 0 Å². The van der Waals surface area contributed by atoms with E-state index in [2.05, 4.69) is 26.8 Å². The van der Waals surface area contributed by atoms with E-state index in [0.29, 0.717) is 0 Å². The molecule has 0 aliphatic rings. The molecule has 0 N–H and O–H groups in total. The topological polar surface area (TPSA) is 0 Å². The lowest BCUT2D eigenvalue weighted by Crippen LogP contribution is -1.58. The molecule has 0 rings (SSSR count). The normalized spacial score (nSPS) is 9.88. The van der Waals surface area contributed by atoms with Crippen LogP contribution < -0.4 is 0 Å². The van der Waals surface area contributed by atoms with Crippen LogP contribution >= 0.6 is 0 Å². The van der Waals surface area contributed by atoms with Crippen LogP contribution in [0.15, 0.2) is 23.8 Å². The maximum atomic E-state index is 3.67. The third-order valence-electron chi connectivity index (χ3n) is 0.732. The number of hydrogen-bond donors (Lipinski definition) is 0. The molecule has 0 saturated carbocycles. The summed E-state index contributed by atoms with van der Waals surface area (Å²) in [5.41, 5.74) is 1.33. The highest BCUT2D eigenvalue weighted by molar-refractivity contribution is 5.08. The monoisotopic (exact) mass is 109 g/mol. The van der Waals surface area contributed by atoms with Crippen LogP contribution in [0.3, 0.4) is 0 Å². The minimum Gasteiger partial charge on any atom is -0.0845 e. The molecule has 0 unspecified atom stereocenters. The van der Waals surface area contributed by atoms with Gasteiger partial charge in [-0.2, -0.15) is 0 Å². The van der Waals surface area contributed by atoms with E-state index in [4.69, 9.17) is 0 Å². The van der Waals surface area contributed by atoms with Crippen molar-refractivity contribution in [2.75, 3.05) is 0 Å². The first-order valence-corrected chi connectivity index (χ1v) is 2.86. The van der Waals surface area contributed by atoms with Crippen molar-refractivity contribution in [2.45, 2.75) is 20.3 Å². The van der Waals surface area contributed by atoms with Gasteiger partial charge in [0.25, 0.3) is 0 Å². The predicted molar refractivity (Wildman–Crippen MR) is 38.5 cm³/mol. The first-order chi connectivity index (χ1) is 3.77. The quantitative estimate of drug-likeness (QED) is 0.478. The van der Waals surface area contributed by atoms with Crippen LogP contribution in [0.5, 0.6) is 0 Å². The van der Waals surface area contributed by atoms with Crippen molar-refractivity contribution >= 4 is 0 Å². The lowest BCUT2D eigenvalue weighted by molar-refractivity contribution is 1.37. The molecule has 45 valence electrons. The van der Waals surface area contributed by atoms with E-state index in [-0.39, 0.29) is 0 Å². The summed E-state index contributed by atoms with van der Waals surface area (Å²) in [6, 6.07) is 0. The van der Waals surface area contributed by atoms with Crippen molar-refractivity contribution in [1.29, 1.82) is 0 Å². The fourth-order valence-corrected chi connectivity index (χ4v) is 0.357. The zero-order valence-electron chi connectivity index (χ0n) is 5.65. The Balaban J connectivity index is 3.42. The molecule has 0 heteroatoms. The van der Waals surface area contributed by atoms with Gasteiger partial charge in [0.05, 0.1) is 0 Å². The highest BCUT2D eigenvalue weighted by Crippen LogP contribution is 1.89. The van der Waals surface area contributed by atoms with Crippen LogP contribution in [0.2, 0.25) is 0 Å². The number of hydrogen-bond acceptors (Lipinski definition) is 0. The van der Waals surface area contributed by atoms with Gasteiger partial charge in [-0.15, -0.1) is 0 Å². The molecule has 0 spiro atoms. The Hall–Kier alpha value is -0.520. The summed E-state index contributed by atoms with van der Waals surface area (Å²) in [6.07, 6.45) is 7.02. The van der Waals surface area contributed by atoms with Crippen molar-refractivity contribution in [3.63, 3.8) is 0 Å². The smallest absolute Gasteiger partial charge is 0.0347 e. The summed E-state index contributed by atoms with van der Waals surface area (Å²) in [6.45, 7) is 7.82. The minimum absolute atomic E-state index is 0.879. The Kier molecular flexibility index (Phi) is 4.33. The van der Waals surface area contributed by atoms with Crippen LogP contribution in [-0.2, 0) is 0 Å². The zero-order chi connectivity index (χ0) is 6.41. The van der Waals surface area contributed by atoms with Gasteiger partial charge in [0.1, 0.15) is 0 Å². The molecule has 0 amide bonds. The molecular formula is C8H13. The first-order valence-electron chi connectivity index (χ1n) is 2.86. The maximum Gasteiger partial charge on any atom is -0.0347 e. The van der Waals surface area contributed by atoms with Crippen molar-refractivity contribution in [3.05, 3.63) is 30.7 Å². The van der Waals surface area contributed by atoms with Crippen LogP contribution in [-0.4, -0.2) is 0 Å². The second-order valence-corrected chi connectivity index (χ2v) is 1.96. The number of rotatable bonds is 2. The van der Waals surface area contributed by atoms with Crippen LogP contribution in [0.1, 0.15) is 20.3 Å². The summed E-state index contributed by atoms with van der Waals surface area (Å²) in [7, 11) is 0. The maximum absolute atomic E-state index is 3.67. The molecule has 0 saturated heterocycles. The van der Waals surface area contributed by atoms with Crippen molar-refractivity contribution in [2.24, 2.45) is 0 Å². The molecule has 0 atom stereocenters. The second-order valence-electron chi connectivity index (χ2n) is 1.96. The SMILES string of the molecule is [CH2]CC=CC=C(C)C. The second kappa shape index (κ2) is 4.63. The van der Waals surface area contributed by atoms with Crippen molar-refractivity contribution < 1.29 is 0 Å². The molecule has 8 heavy (non-hydrogen) atoms. The highest BCUT2D eigenvalue weighted by atomic mass is 13.7. The summed E-state index contributed by atoms with van der Waals surface area (Å²) >= 11 is 0. The van der Waals surface area contributed by atoms with Crippen LogP contribution in [0, 0.1) is 6.92 Å². The van der Waals surface area contributed by atoms with Gasteiger partial charge in [-0.05, 0) is 27.2 Å². The predicted octanol–water partition coefficient (Wildman–Crippen LogP) is 2.73. The molecule has 0 aromatic carbocycles. The van der Waals surface area contributed by atoms with Gasteiger partial charge < -0.3 is 0 Å². The Labute approximate surface area is 51.9 Å². The molecule has 0 fully saturated rings. The Morgan fingerprint density at radius 2 is 2.12 bits per heavy atom. The third kappa shape index (κ3) is 5.48. The van der Waals surface area contributed by atoms with E-state index in [9.17, 15) is 0 Å².